The molecule has 2 heterocycles. The largest absolute Gasteiger partial charge is 0.446 e. The molecule has 0 fully saturated rings. The van der Waals surface area contributed by atoms with Gasteiger partial charge in [-0.05, 0) is 90.3 Å². The molecular formula is C40H53N5O8S. The quantitative estimate of drug-likeness (QED) is 0.0725. The van der Waals surface area contributed by atoms with Crippen molar-refractivity contribution in [1.29, 1.82) is 0 Å². The number of anilines is 1. The van der Waals surface area contributed by atoms with E-state index in [1.807, 2.05) is 35.8 Å². The van der Waals surface area contributed by atoms with Gasteiger partial charge in [-0.1, -0.05) is 55.0 Å². The third-order valence-electron chi connectivity index (χ3n) is 9.11. The van der Waals surface area contributed by atoms with E-state index in [0.29, 0.717) is 54.8 Å². The SMILES string of the molecule is CCOCc1nc2c(NC(=O)OC(CCCCCNC(=O)OC3CC/C=C/CCC3)CS(=O)(=O)c3ccccc3)nc3ccccc3c2n1CC(C)(C)O. The van der Waals surface area contributed by atoms with Crippen molar-refractivity contribution in [3.63, 3.8) is 0 Å². The van der Waals surface area contributed by atoms with Crippen LogP contribution in [0.5, 0.6) is 0 Å². The summed E-state index contributed by atoms with van der Waals surface area (Å²) in [6, 6.07) is 15.5. The number of carbonyl (C=O) groups excluding carboxylic acids is 2. The van der Waals surface area contributed by atoms with Gasteiger partial charge in [-0.15, -0.1) is 0 Å². The Labute approximate surface area is 317 Å². The first-order valence-electron chi connectivity index (χ1n) is 18.9. The summed E-state index contributed by atoms with van der Waals surface area (Å²) < 4.78 is 45.9. The van der Waals surface area contributed by atoms with E-state index >= 15 is 0 Å². The van der Waals surface area contributed by atoms with Crippen molar-refractivity contribution in [3.8, 4) is 0 Å². The van der Waals surface area contributed by atoms with Gasteiger partial charge in [0.1, 0.15) is 30.2 Å². The molecule has 0 radical (unpaired) electrons. The Morgan fingerprint density at radius 2 is 1.74 bits per heavy atom. The maximum atomic E-state index is 13.6. The second-order valence-corrected chi connectivity index (χ2v) is 16.3. The first-order chi connectivity index (χ1) is 25.9. The lowest BCUT2D eigenvalue weighted by Crippen LogP contribution is -2.30. The van der Waals surface area contributed by atoms with Crippen molar-refractivity contribution in [2.24, 2.45) is 0 Å². The molecule has 0 spiro atoms. The van der Waals surface area contributed by atoms with Crippen LogP contribution in [0, 0.1) is 0 Å². The molecule has 2 unspecified atom stereocenters. The van der Waals surface area contributed by atoms with Gasteiger partial charge < -0.3 is 29.2 Å². The number of nitrogens with zero attached hydrogens (tertiary/aromatic N) is 3. The number of sulfone groups is 1. The van der Waals surface area contributed by atoms with Crippen molar-refractivity contribution in [1.82, 2.24) is 19.9 Å². The zero-order valence-corrected chi connectivity index (χ0v) is 32.3. The lowest BCUT2D eigenvalue weighted by molar-refractivity contribution is 0.0582. The smallest absolute Gasteiger partial charge is 0.413 e. The van der Waals surface area contributed by atoms with Gasteiger partial charge >= 0.3 is 12.2 Å². The zero-order chi connectivity index (χ0) is 38.6. The van der Waals surface area contributed by atoms with Crippen molar-refractivity contribution in [2.75, 3.05) is 24.2 Å². The number of hydrogen-bond acceptors (Lipinski definition) is 10. The van der Waals surface area contributed by atoms with Crippen molar-refractivity contribution in [3.05, 3.63) is 72.6 Å². The molecule has 1 aliphatic carbocycles. The second-order valence-electron chi connectivity index (χ2n) is 14.3. The van der Waals surface area contributed by atoms with Crippen LogP contribution in [-0.2, 0) is 37.2 Å². The number of benzene rings is 2. The number of ether oxygens (including phenoxy) is 3. The molecule has 0 saturated carbocycles. The standard InChI is InChI=1S/C40H53N5O8S/c1-4-51-26-34-43-35-36(45(34)28-40(2,3)48)32-23-15-16-24-33(32)42-37(35)44-39(47)53-30(27-54(49,50)31-21-13-8-14-22-31)20-12-9-17-25-41-38(46)52-29-18-10-6-5-7-11-19-29/h5-6,8,13-16,21-24,29-30,48H,4,7,9-12,17-20,25-28H2,1-3H3,(H,41,46)(H,42,44,47)/b6-5+. The summed E-state index contributed by atoms with van der Waals surface area (Å²) in [6.07, 6.45) is 8.61. The van der Waals surface area contributed by atoms with Gasteiger partial charge in [0.05, 0.1) is 33.8 Å². The number of alkyl carbamates (subject to hydrolysis) is 1. The number of rotatable bonds is 17. The predicted octanol–water partition coefficient (Wildman–Crippen LogP) is 7.46. The normalized spacial score (nSPS) is 16.3. The molecule has 2 amide bonds. The average Bonchev–Trinajstić information content (AvgIpc) is 3.47. The maximum Gasteiger partial charge on any atom is 0.413 e. The highest BCUT2D eigenvalue weighted by molar-refractivity contribution is 7.91. The molecule has 13 nitrogen and oxygen atoms in total. The Kier molecular flexibility index (Phi) is 14.4. The lowest BCUT2D eigenvalue weighted by atomic mass is 10.0. The molecule has 5 rings (SSSR count). The minimum absolute atomic E-state index is 0.0908. The van der Waals surface area contributed by atoms with Crippen molar-refractivity contribution >= 4 is 49.8 Å². The highest BCUT2D eigenvalue weighted by Crippen LogP contribution is 2.32. The third-order valence-corrected chi connectivity index (χ3v) is 10.9. The number of amides is 2. The molecule has 54 heavy (non-hydrogen) atoms. The van der Waals surface area contributed by atoms with Gasteiger partial charge in [-0.3, -0.25) is 5.32 Å². The molecule has 14 heteroatoms. The molecule has 0 saturated heterocycles. The molecule has 2 atom stereocenters. The van der Waals surface area contributed by atoms with Gasteiger partial charge in [0.15, 0.2) is 15.7 Å². The Balaban J connectivity index is 1.28. The number of pyridine rings is 1. The van der Waals surface area contributed by atoms with Crippen LogP contribution in [0.2, 0.25) is 0 Å². The summed E-state index contributed by atoms with van der Waals surface area (Å²) in [6.45, 7) is 6.53. The summed E-state index contributed by atoms with van der Waals surface area (Å²) in [4.78, 5) is 35.6. The summed E-state index contributed by atoms with van der Waals surface area (Å²) in [5, 5.41) is 17.2. The fourth-order valence-corrected chi connectivity index (χ4v) is 8.04. The number of nitrogens with one attached hydrogen (secondary N) is 2. The zero-order valence-electron chi connectivity index (χ0n) is 31.5. The van der Waals surface area contributed by atoms with Gasteiger partial charge in [0.25, 0.3) is 0 Å². The minimum Gasteiger partial charge on any atom is -0.446 e. The van der Waals surface area contributed by atoms with E-state index in [0.717, 1.165) is 37.5 Å². The van der Waals surface area contributed by atoms with Crippen LogP contribution in [0.1, 0.15) is 84.4 Å². The Bertz CT molecular complexity index is 1990. The van der Waals surface area contributed by atoms with Crippen LogP contribution in [0.15, 0.2) is 71.6 Å². The molecule has 1 aliphatic rings. The number of carbonyl (C=O) groups is 2. The average molecular weight is 764 g/mol. The summed E-state index contributed by atoms with van der Waals surface area (Å²) >= 11 is 0. The fraction of sp³-hybridized carbons (Fsp3) is 0.500. The number of imidazole rings is 1. The highest BCUT2D eigenvalue weighted by atomic mass is 32.2. The van der Waals surface area contributed by atoms with Crippen LogP contribution >= 0.6 is 0 Å². The van der Waals surface area contributed by atoms with Crippen molar-refractivity contribution < 1.29 is 37.3 Å². The molecule has 2 aromatic carbocycles. The first-order valence-corrected chi connectivity index (χ1v) is 20.5. The van der Waals surface area contributed by atoms with Crippen LogP contribution < -0.4 is 10.6 Å². The van der Waals surface area contributed by atoms with E-state index < -0.39 is 39.5 Å². The lowest BCUT2D eigenvalue weighted by Gasteiger charge is -2.21. The molecule has 4 aromatic rings. The van der Waals surface area contributed by atoms with Gasteiger partial charge in [-0.2, -0.15) is 0 Å². The van der Waals surface area contributed by atoms with Gasteiger partial charge in [0.2, 0.25) is 0 Å². The molecule has 3 N–H and O–H groups in total. The number of para-hydroxylation sites is 1. The van der Waals surface area contributed by atoms with E-state index in [4.69, 9.17) is 24.2 Å². The maximum absolute atomic E-state index is 13.6. The van der Waals surface area contributed by atoms with E-state index in [-0.39, 0.29) is 36.4 Å². The Morgan fingerprint density at radius 1 is 0.981 bits per heavy atom. The number of aliphatic hydroxyl groups is 1. The minimum atomic E-state index is -3.80. The van der Waals surface area contributed by atoms with E-state index in [2.05, 4.69) is 22.8 Å². The summed E-state index contributed by atoms with van der Waals surface area (Å²) in [5.74, 6) is 0.278. The molecule has 0 bridgehead atoms. The fourth-order valence-electron chi connectivity index (χ4n) is 6.55. The van der Waals surface area contributed by atoms with Gasteiger partial charge in [-0.25, -0.2) is 28.0 Å². The number of fused-ring (bicyclic) bond motifs is 3. The van der Waals surface area contributed by atoms with E-state index in [1.54, 1.807) is 32.0 Å². The predicted molar refractivity (Wildman–Crippen MR) is 208 cm³/mol. The molecular weight excluding hydrogens is 711 g/mol. The number of hydrogen-bond donors (Lipinski definition) is 3. The number of allylic oxidation sites excluding steroid dienone is 2. The number of unbranched alkanes of at least 4 members (excludes halogenated alkanes) is 2. The highest BCUT2D eigenvalue weighted by Gasteiger charge is 2.27. The third kappa shape index (κ3) is 11.7. The number of aromatic nitrogens is 3. The Morgan fingerprint density at radius 3 is 2.52 bits per heavy atom. The Hall–Kier alpha value is -4.53. The molecule has 0 aliphatic heterocycles. The van der Waals surface area contributed by atoms with E-state index in [1.165, 1.54) is 12.1 Å². The van der Waals surface area contributed by atoms with Crippen molar-refractivity contribution in [2.45, 2.75) is 114 Å². The topological polar surface area (TPSA) is 171 Å². The van der Waals surface area contributed by atoms with Crippen LogP contribution in [0.4, 0.5) is 15.4 Å². The first kappa shape index (κ1) is 40.7. The molecule has 292 valence electrons. The van der Waals surface area contributed by atoms with Crippen LogP contribution in [0.25, 0.3) is 21.9 Å². The van der Waals surface area contributed by atoms with E-state index in [9.17, 15) is 23.1 Å². The summed E-state index contributed by atoms with van der Waals surface area (Å²) in [7, 11) is -3.80. The van der Waals surface area contributed by atoms with Crippen LogP contribution in [0.3, 0.4) is 0 Å². The van der Waals surface area contributed by atoms with Gasteiger partial charge in [0, 0.05) is 18.5 Å². The second kappa shape index (κ2) is 19.2. The molecule has 2 aromatic heterocycles. The summed E-state index contributed by atoms with van der Waals surface area (Å²) in [5.41, 5.74) is 0.544. The monoisotopic (exact) mass is 763 g/mol. The van der Waals surface area contributed by atoms with Crippen LogP contribution in [-0.4, -0.2) is 77.0 Å².